The number of hydrogen-bond donors (Lipinski definition) is 1. The summed E-state index contributed by atoms with van der Waals surface area (Å²) in [7, 11) is 1.97. The average molecular weight is 289 g/mol. The third-order valence-corrected chi connectivity index (χ3v) is 4.92. The van der Waals surface area contributed by atoms with E-state index in [-0.39, 0.29) is 0 Å². The fraction of sp³-hybridized carbons (Fsp3) is 0.214. The number of hydrogen-bond acceptors (Lipinski definition) is 4. The van der Waals surface area contributed by atoms with E-state index in [4.69, 9.17) is 4.98 Å². The van der Waals surface area contributed by atoms with Crippen LogP contribution in [0.3, 0.4) is 0 Å². The van der Waals surface area contributed by atoms with E-state index in [0.717, 1.165) is 16.5 Å². The van der Waals surface area contributed by atoms with Crippen molar-refractivity contribution in [2.24, 2.45) is 0 Å². The molecule has 0 spiro atoms. The molecule has 19 heavy (non-hydrogen) atoms. The third-order valence-electron chi connectivity index (χ3n) is 2.97. The van der Waals surface area contributed by atoms with E-state index in [9.17, 15) is 0 Å². The second-order valence-electron chi connectivity index (χ2n) is 4.32. The van der Waals surface area contributed by atoms with Gasteiger partial charge in [-0.25, -0.2) is 4.98 Å². The van der Waals surface area contributed by atoms with Gasteiger partial charge in [-0.15, -0.1) is 11.3 Å². The molecule has 0 saturated heterocycles. The highest BCUT2D eigenvalue weighted by Gasteiger charge is 2.14. The van der Waals surface area contributed by atoms with Crippen LogP contribution < -0.4 is 5.32 Å². The van der Waals surface area contributed by atoms with E-state index in [2.05, 4.69) is 52.5 Å². The number of thiazole rings is 1. The van der Waals surface area contributed by atoms with Crippen LogP contribution in [-0.4, -0.2) is 16.4 Å². The molecular formula is C14H15N3S2. The predicted octanol–water partition coefficient (Wildman–Crippen LogP) is 3.57. The lowest BCUT2D eigenvalue weighted by Crippen LogP contribution is -2.08. The van der Waals surface area contributed by atoms with Crippen LogP contribution in [0.2, 0.25) is 0 Å². The zero-order valence-corrected chi connectivity index (χ0v) is 12.5. The molecule has 0 amide bonds. The first-order chi connectivity index (χ1) is 9.29. The number of imidazole rings is 1. The van der Waals surface area contributed by atoms with Gasteiger partial charge in [0, 0.05) is 23.0 Å². The maximum atomic E-state index is 4.73. The van der Waals surface area contributed by atoms with Gasteiger partial charge in [-0.3, -0.25) is 4.40 Å². The highest BCUT2D eigenvalue weighted by molar-refractivity contribution is 7.99. The average Bonchev–Trinajstić information content (AvgIpc) is 2.96. The van der Waals surface area contributed by atoms with E-state index >= 15 is 0 Å². The van der Waals surface area contributed by atoms with Crippen LogP contribution in [0, 0.1) is 6.92 Å². The van der Waals surface area contributed by atoms with Crippen LogP contribution in [-0.2, 0) is 6.54 Å². The quantitative estimate of drug-likeness (QED) is 0.796. The van der Waals surface area contributed by atoms with Crippen molar-refractivity contribution in [2.45, 2.75) is 23.4 Å². The van der Waals surface area contributed by atoms with Crippen LogP contribution in [0.25, 0.3) is 4.96 Å². The highest BCUT2D eigenvalue weighted by Crippen LogP contribution is 2.33. The van der Waals surface area contributed by atoms with Gasteiger partial charge in [-0.1, -0.05) is 30.0 Å². The molecule has 2 heterocycles. The molecule has 3 rings (SSSR count). The van der Waals surface area contributed by atoms with Crippen molar-refractivity contribution in [3.8, 4) is 0 Å². The van der Waals surface area contributed by atoms with Crippen molar-refractivity contribution in [1.82, 2.24) is 14.7 Å². The predicted molar refractivity (Wildman–Crippen MR) is 81.1 cm³/mol. The molecule has 0 aliphatic carbocycles. The Labute approximate surface area is 120 Å². The molecule has 0 fully saturated rings. The summed E-state index contributed by atoms with van der Waals surface area (Å²) in [6, 6.07) is 8.43. The number of fused-ring (bicyclic) bond motifs is 1. The second-order valence-corrected chi connectivity index (χ2v) is 6.22. The Morgan fingerprint density at radius 2 is 2.21 bits per heavy atom. The van der Waals surface area contributed by atoms with Gasteiger partial charge in [0.2, 0.25) is 0 Å². The van der Waals surface area contributed by atoms with Gasteiger partial charge in [-0.2, -0.15) is 0 Å². The van der Waals surface area contributed by atoms with Crippen molar-refractivity contribution >= 4 is 28.1 Å². The number of aromatic nitrogens is 2. The van der Waals surface area contributed by atoms with Crippen LogP contribution in [0.1, 0.15) is 11.3 Å². The van der Waals surface area contributed by atoms with Crippen molar-refractivity contribution in [1.29, 1.82) is 0 Å². The Kier molecular flexibility index (Phi) is 3.59. The molecule has 98 valence electrons. The molecular weight excluding hydrogens is 274 g/mol. The minimum absolute atomic E-state index is 0.826. The maximum absolute atomic E-state index is 4.73. The molecule has 0 radical (unpaired) electrons. The molecule has 3 aromatic rings. The van der Waals surface area contributed by atoms with Crippen LogP contribution in [0.5, 0.6) is 0 Å². The first-order valence-corrected chi connectivity index (χ1v) is 7.81. The molecule has 0 aliphatic rings. The van der Waals surface area contributed by atoms with Gasteiger partial charge in [0.15, 0.2) is 4.96 Å². The molecule has 5 heteroatoms. The molecule has 2 aromatic heterocycles. The largest absolute Gasteiger partial charge is 0.314 e. The Balaban J connectivity index is 2.02. The molecule has 1 N–H and O–H groups in total. The lowest BCUT2D eigenvalue weighted by molar-refractivity contribution is 0.765. The van der Waals surface area contributed by atoms with Gasteiger partial charge < -0.3 is 5.32 Å². The Bertz CT molecular complexity index is 700. The molecule has 1 aromatic carbocycles. The topological polar surface area (TPSA) is 29.3 Å². The molecule has 0 saturated carbocycles. The van der Waals surface area contributed by atoms with E-state index in [1.165, 1.54) is 16.2 Å². The van der Waals surface area contributed by atoms with E-state index in [1.54, 1.807) is 23.1 Å². The van der Waals surface area contributed by atoms with E-state index in [1.807, 2.05) is 7.05 Å². The molecule has 0 bridgehead atoms. The number of nitrogens with zero attached hydrogens (tertiary/aromatic N) is 2. The summed E-state index contributed by atoms with van der Waals surface area (Å²) in [4.78, 5) is 7.06. The summed E-state index contributed by atoms with van der Waals surface area (Å²) < 4.78 is 2.17. The first-order valence-electron chi connectivity index (χ1n) is 6.12. The zero-order chi connectivity index (χ0) is 13.2. The fourth-order valence-electron chi connectivity index (χ4n) is 2.00. The zero-order valence-electron chi connectivity index (χ0n) is 10.9. The Morgan fingerprint density at radius 3 is 3.00 bits per heavy atom. The van der Waals surface area contributed by atoms with Crippen molar-refractivity contribution < 1.29 is 0 Å². The molecule has 3 nitrogen and oxygen atoms in total. The standard InChI is InChI=1S/C14H15N3S2/c1-10-5-3-4-6-12(10)19-13-11(9-15-2)17-7-8-18-14(17)16-13/h3-8,15H,9H2,1-2H3. The van der Waals surface area contributed by atoms with E-state index in [0.29, 0.717) is 0 Å². The van der Waals surface area contributed by atoms with Crippen molar-refractivity contribution in [3.63, 3.8) is 0 Å². The van der Waals surface area contributed by atoms with Gasteiger partial charge >= 0.3 is 0 Å². The fourth-order valence-corrected chi connectivity index (χ4v) is 3.79. The summed E-state index contributed by atoms with van der Waals surface area (Å²) in [6.07, 6.45) is 2.08. The summed E-state index contributed by atoms with van der Waals surface area (Å²) in [5.41, 5.74) is 2.52. The van der Waals surface area contributed by atoms with Crippen LogP contribution in [0.15, 0.2) is 45.8 Å². The molecule has 0 atom stereocenters. The molecule has 0 unspecified atom stereocenters. The van der Waals surface area contributed by atoms with Gasteiger partial charge in [-0.05, 0) is 25.6 Å². The van der Waals surface area contributed by atoms with Crippen molar-refractivity contribution in [3.05, 3.63) is 47.1 Å². The summed E-state index contributed by atoms with van der Waals surface area (Å²) in [6.45, 7) is 2.96. The minimum atomic E-state index is 0.826. The SMILES string of the molecule is CNCc1c(Sc2ccccc2C)nc2sccn12. The van der Waals surface area contributed by atoms with Crippen molar-refractivity contribution in [2.75, 3.05) is 7.05 Å². The van der Waals surface area contributed by atoms with Gasteiger partial charge in [0.25, 0.3) is 0 Å². The van der Waals surface area contributed by atoms with Crippen LogP contribution in [0.4, 0.5) is 0 Å². The lowest BCUT2D eigenvalue weighted by atomic mass is 10.2. The Morgan fingerprint density at radius 1 is 1.37 bits per heavy atom. The minimum Gasteiger partial charge on any atom is -0.314 e. The summed E-state index contributed by atoms with van der Waals surface area (Å²) >= 11 is 3.42. The number of nitrogens with one attached hydrogen (secondary N) is 1. The first kappa shape index (κ1) is 12.7. The van der Waals surface area contributed by atoms with E-state index < -0.39 is 0 Å². The monoisotopic (exact) mass is 289 g/mol. The maximum Gasteiger partial charge on any atom is 0.194 e. The van der Waals surface area contributed by atoms with Gasteiger partial charge in [0.1, 0.15) is 5.03 Å². The third kappa shape index (κ3) is 2.41. The molecule has 0 aliphatic heterocycles. The lowest BCUT2D eigenvalue weighted by Gasteiger charge is -2.05. The smallest absolute Gasteiger partial charge is 0.194 e. The van der Waals surface area contributed by atoms with Crippen LogP contribution >= 0.6 is 23.1 Å². The Hall–Kier alpha value is -1.30. The summed E-state index contributed by atoms with van der Waals surface area (Å²) in [5.74, 6) is 0. The summed E-state index contributed by atoms with van der Waals surface area (Å²) in [5, 5.41) is 6.39. The number of aryl methyl sites for hydroxylation is 1. The number of rotatable bonds is 4. The van der Waals surface area contributed by atoms with Gasteiger partial charge in [0.05, 0.1) is 5.69 Å². The number of benzene rings is 1. The highest BCUT2D eigenvalue weighted by atomic mass is 32.2. The normalized spacial score (nSPS) is 11.3. The second kappa shape index (κ2) is 5.36.